The van der Waals surface area contributed by atoms with E-state index in [1.807, 2.05) is 0 Å². The van der Waals surface area contributed by atoms with Gasteiger partial charge in [-0.25, -0.2) is 9.97 Å². The summed E-state index contributed by atoms with van der Waals surface area (Å²) in [6, 6.07) is 13.0. The molecule has 1 aromatic carbocycles. The molecule has 4 heterocycles. The van der Waals surface area contributed by atoms with Gasteiger partial charge in [0.2, 0.25) is 0 Å². The van der Waals surface area contributed by atoms with E-state index in [0.29, 0.717) is 0 Å². The highest BCUT2D eigenvalue weighted by atomic mass is 15.3. The molecule has 2 aliphatic heterocycles. The number of rotatable bonds is 8. The molecule has 2 bridgehead atoms. The molecule has 5 heteroatoms. The number of imidazole rings is 1. The van der Waals surface area contributed by atoms with Gasteiger partial charge in [0.25, 0.3) is 0 Å². The van der Waals surface area contributed by atoms with Crippen molar-refractivity contribution in [2.75, 3.05) is 26.2 Å². The predicted molar refractivity (Wildman–Crippen MR) is 131 cm³/mol. The monoisotopic (exact) mass is 431 g/mol. The van der Waals surface area contributed by atoms with Gasteiger partial charge >= 0.3 is 0 Å². The first-order valence-electron chi connectivity index (χ1n) is 12.4. The summed E-state index contributed by atoms with van der Waals surface area (Å²) in [5.74, 6) is 1.12. The molecule has 0 radical (unpaired) electrons. The molecule has 2 fully saturated rings. The molecule has 0 aliphatic carbocycles. The Morgan fingerprint density at radius 2 is 1.66 bits per heavy atom. The van der Waals surface area contributed by atoms with Crippen molar-refractivity contribution in [3.8, 4) is 0 Å². The molecule has 0 saturated carbocycles. The van der Waals surface area contributed by atoms with E-state index in [4.69, 9.17) is 9.97 Å². The van der Waals surface area contributed by atoms with E-state index < -0.39 is 0 Å². The topological polar surface area (TPSA) is 37.2 Å². The highest BCUT2D eigenvalue weighted by molar-refractivity contribution is 5.76. The summed E-state index contributed by atoms with van der Waals surface area (Å²) in [6.07, 6.45) is 4.73. The molecular formula is C27H37N5. The van der Waals surface area contributed by atoms with Gasteiger partial charge in [0.15, 0.2) is 5.65 Å². The van der Waals surface area contributed by atoms with Gasteiger partial charge in [0, 0.05) is 37.3 Å². The Balaban J connectivity index is 1.21. The van der Waals surface area contributed by atoms with Crippen molar-refractivity contribution < 1.29 is 0 Å². The van der Waals surface area contributed by atoms with Crippen molar-refractivity contribution in [1.29, 1.82) is 0 Å². The van der Waals surface area contributed by atoms with E-state index in [1.165, 1.54) is 62.1 Å². The van der Waals surface area contributed by atoms with Crippen LogP contribution < -0.4 is 0 Å². The quantitative estimate of drug-likeness (QED) is 0.531. The van der Waals surface area contributed by atoms with Gasteiger partial charge in [-0.05, 0) is 69.0 Å². The summed E-state index contributed by atoms with van der Waals surface area (Å²) >= 11 is 0. The summed E-state index contributed by atoms with van der Waals surface area (Å²) in [5, 5.41) is 0. The number of hydrogen-bond acceptors (Lipinski definition) is 4. The van der Waals surface area contributed by atoms with Crippen LogP contribution in [0.25, 0.3) is 11.2 Å². The van der Waals surface area contributed by atoms with Crippen LogP contribution in [0, 0.1) is 13.8 Å². The van der Waals surface area contributed by atoms with Gasteiger partial charge in [-0.3, -0.25) is 9.80 Å². The van der Waals surface area contributed by atoms with Gasteiger partial charge in [0.1, 0.15) is 11.3 Å². The normalized spacial score (nSPS) is 21.2. The molecule has 2 atom stereocenters. The van der Waals surface area contributed by atoms with Gasteiger partial charge in [-0.15, -0.1) is 0 Å². The Hall–Kier alpha value is -2.24. The van der Waals surface area contributed by atoms with Crippen molar-refractivity contribution in [1.82, 2.24) is 24.3 Å². The summed E-state index contributed by atoms with van der Waals surface area (Å²) in [6.45, 7) is 14.5. The molecule has 32 heavy (non-hydrogen) atoms. The maximum Gasteiger partial charge on any atom is 0.160 e. The van der Waals surface area contributed by atoms with Crippen LogP contribution in [0.5, 0.6) is 0 Å². The number of nitrogens with zero attached hydrogens (tertiary/aromatic N) is 5. The minimum atomic E-state index is 0.806. The van der Waals surface area contributed by atoms with Crippen molar-refractivity contribution in [2.45, 2.75) is 72.0 Å². The van der Waals surface area contributed by atoms with Gasteiger partial charge in [-0.1, -0.05) is 38.1 Å². The fraction of sp³-hybridized carbons (Fsp3) is 0.556. The second kappa shape index (κ2) is 8.95. The molecule has 0 unspecified atom stereocenters. The van der Waals surface area contributed by atoms with Crippen LogP contribution in [0.4, 0.5) is 0 Å². The lowest BCUT2D eigenvalue weighted by atomic mass is 10.1. The van der Waals surface area contributed by atoms with Crippen LogP contribution in [-0.2, 0) is 19.4 Å². The maximum absolute atomic E-state index is 4.88. The van der Waals surface area contributed by atoms with Crippen LogP contribution in [0.2, 0.25) is 0 Å². The first-order valence-corrected chi connectivity index (χ1v) is 12.4. The summed E-state index contributed by atoms with van der Waals surface area (Å²) in [7, 11) is 0. The van der Waals surface area contributed by atoms with Crippen LogP contribution in [0.1, 0.15) is 54.9 Å². The number of fused-ring (bicyclic) bond motifs is 3. The highest BCUT2D eigenvalue weighted by Crippen LogP contribution is 2.30. The fourth-order valence-electron chi connectivity index (χ4n) is 5.86. The molecule has 3 aromatic rings. The van der Waals surface area contributed by atoms with E-state index in [2.05, 4.69) is 72.4 Å². The standard InChI is InChI=1S/C27H37N5/c1-5-25-29-26-19(3)14-20(4)28-27(26)32(25)16-22-11-9-21(10-12-22)8-7-13-31-18-23-15-24(31)17-30(23)6-2/h9-12,14,23-24H,5-8,13,15-18H2,1-4H3/t23-,24-/m1/s1. The van der Waals surface area contributed by atoms with E-state index >= 15 is 0 Å². The lowest BCUT2D eigenvalue weighted by Crippen LogP contribution is -2.46. The second-order valence-electron chi connectivity index (χ2n) is 9.77. The number of piperazine rings is 1. The number of aryl methyl sites for hydroxylation is 4. The fourth-order valence-corrected chi connectivity index (χ4v) is 5.86. The number of aromatic nitrogens is 3. The van der Waals surface area contributed by atoms with E-state index in [1.54, 1.807) is 0 Å². The smallest absolute Gasteiger partial charge is 0.160 e. The predicted octanol–water partition coefficient (Wildman–Crippen LogP) is 4.37. The molecule has 5 rings (SSSR count). The molecular weight excluding hydrogens is 394 g/mol. The number of pyridine rings is 1. The molecule has 5 nitrogen and oxygen atoms in total. The Labute approximate surface area is 192 Å². The zero-order chi connectivity index (χ0) is 22.2. The lowest BCUT2D eigenvalue weighted by Gasteiger charge is -2.33. The third kappa shape index (κ3) is 4.08. The first-order chi connectivity index (χ1) is 15.6. The largest absolute Gasteiger partial charge is 0.308 e. The zero-order valence-electron chi connectivity index (χ0n) is 20.1. The maximum atomic E-state index is 4.88. The zero-order valence-corrected chi connectivity index (χ0v) is 20.1. The van der Waals surface area contributed by atoms with E-state index in [9.17, 15) is 0 Å². The van der Waals surface area contributed by atoms with Crippen molar-refractivity contribution in [2.24, 2.45) is 0 Å². The average molecular weight is 432 g/mol. The van der Waals surface area contributed by atoms with Crippen LogP contribution in [-0.4, -0.2) is 62.6 Å². The molecule has 2 aliphatic rings. The minimum absolute atomic E-state index is 0.806. The molecule has 0 N–H and O–H groups in total. The molecule has 2 aromatic heterocycles. The Bertz CT molecular complexity index is 1080. The Kier molecular flexibility index (Phi) is 6.04. The van der Waals surface area contributed by atoms with Gasteiger partial charge < -0.3 is 4.57 Å². The van der Waals surface area contributed by atoms with Gasteiger partial charge in [0.05, 0.1) is 6.54 Å². The van der Waals surface area contributed by atoms with Crippen molar-refractivity contribution in [3.05, 3.63) is 58.5 Å². The number of likely N-dealkylation sites (tertiary alicyclic amines) is 2. The van der Waals surface area contributed by atoms with Crippen LogP contribution in [0.3, 0.4) is 0 Å². The second-order valence-corrected chi connectivity index (χ2v) is 9.77. The summed E-state index contributed by atoms with van der Waals surface area (Å²) in [4.78, 5) is 15.1. The highest BCUT2D eigenvalue weighted by Gasteiger charge is 2.41. The SMILES string of the molecule is CCc1nc2c(C)cc(C)nc2n1Cc1ccc(CCCN2C[C@H]3C[C@@H]2CN3CC)cc1. The number of likely N-dealkylation sites (N-methyl/N-ethyl adjacent to an activating group) is 1. The molecule has 0 spiro atoms. The molecule has 0 amide bonds. The lowest BCUT2D eigenvalue weighted by molar-refractivity contribution is 0.132. The van der Waals surface area contributed by atoms with Crippen LogP contribution in [0.15, 0.2) is 30.3 Å². The van der Waals surface area contributed by atoms with Crippen molar-refractivity contribution >= 4 is 11.2 Å². The van der Waals surface area contributed by atoms with Crippen molar-refractivity contribution in [3.63, 3.8) is 0 Å². The molecule has 170 valence electrons. The van der Waals surface area contributed by atoms with Gasteiger partial charge in [-0.2, -0.15) is 0 Å². The summed E-state index contributed by atoms with van der Waals surface area (Å²) < 4.78 is 2.30. The third-order valence-electron chi connectivity index (χ3n) is 7.57. The minimum Gasteiger partial charge on any atom is -0.308 e. The molecule has 2 saturated heterocycles. The average Bonchev–Trinajstić information content (AvgIpc) is 3.48. The van der Waals surface area contributed by atoms with Crippen LogP contribution >= 0.6 is 0 Å². The number of benzene rings is 1. The Morgan fingerprint density at radius 3 is 2.34 bits per heavy atom. The summed E-state index contributed by atoms with van der Waals surface area (Å²) in [5.41, 5.74) is 7.10. The Morgan fingerprint density at radius 1 is 0.938 bits per heavy atom. The third-order valence-corrected chi connectivity index (χ3v) is 7.57. The number of hydrogen-bond donors (Lipinski definition) is 0. The van der Waals surface area contributed by atoms with E-state index in [-0.39, 0.29) is 0 Å². The van der Waals surface area contributed by atoms with E-state index in [0.717, 1.165) is 47.7 Å². The first kappa shape index (κ1) is 21.6.